The van der Waals surface area contributed by atoms with Crippen LogP contribution in [-0.2, 0) is 0 Å². The molecule has 1 aromatic heterocycles. The molecule has 4 aromatic rings. The highest BCUT2D eigenvalue weighted by molar-refractivity contribution is 6.30. The molecule has 1 heterocycles. The lowest BCUT2D eigenvalue weighted by Gasteiger charge is -2.06. The Morgan fingerprint density at radius 1 is 0.750 bits per heavy atom. The molecular formula is C20H13ClN2O. The summed E-state index contributed by atoms with van der Waals surface area (Å²) in [6.45, 7) is 0. The standard InChI is InChI=1S/C20H13ClN2O/c21-16-11-9-14(10-12-16)13-5-7-15(8-6-13)19-22-18-4-2-1-3-17(18)20(24)23-19/h1-12H,(H,22,23,24). The Bertz CT molecular complexity index is 1070. The molecule has 1 N–H and O–H groups in total. The van der Waals surface area contributed by atoms with E-state index in [1.807, 2.05) is 66.7 Å². The van der Waals surface area contributed by atoms with Crippen molar-refractivity contribution >= 4 is 22.5 Å². The largest absolute Gasteiger partial charge is 0.306 e. The van der Waals surface area contributed by atoms with Gasteiger partial charge in [-0.2, -0.15) is 0 Å². The molecule has 0 fully saturated rings. The number of fused-ring (bicyclic) bond motifs is 1. The molecule has 0 saturated heterocycles. The van der Waals surface area contributed by atoms with Gasteiger partial charge in [0.25, 0.3) is 5.56 Å². The van der Waals surface area contributed by atoms with Crippen molar-refractivity contribution in [3.63, 3.8) is 0 Å². The quantitative estimate of drug-likeness (QED) is 0.567. The summed E-state index contributed by atoms with van der Waals surface area (Å²) in [7, 11) is 0. The first-order valence-corrected chi connectivity index (χ1v) is 7.94. The minimum atomic E-state index is -0.127. The number of hydrogen-bond donors (Lipinski definition) is 1. The maximum Gasteiger partial charge on any atom is 0.259 e. The number of halogens is 1. The van der Waals surface area contributed by atoms with Crippen LogP contribution in [0.25, 0.3) is 33.4 Å². The van der Waals surface area contributed by atoms with Gasteiger partial charge in [-0.15, -0.1) is 0 Å². The SMILES string of the molecule is O=c1[nH]c(-c2ccc(-c3ccc(Cl)cc3)cc2)nc2ccccc12. The van der Waals surface area contributed by atoms with Gasteiger partial charge in [0, 0.05) is 10.6 Å². The minimum Gasteiger partial charge on any atom is -0.306 e. The fourth-order valence-electron chi connectivity index (χ4n) is 2.69. The average Bonchev–Trinajstić information content (AvgIpc) is 2.62. The van der Waals surface area contributed by atoms with E-state index in [-0.39, 0.29) is 5.56 Å². The van der Waals surface area contributed by atoms with Gasteiger partial charge in [0.2, 0.25) is 0 Å². The Morgan fingerprint density at radius 2 is 1.33 bits per heavy atom. The summed E-state index contributed by atoms with van der Waals surface area (Å²) in [4.78, 5) is 19.6. The van der Waals surface area contributed by atoms with Crippen LogP contribution in [0.5, 0.6) is 0 Å². The second-order valence-corrected chi connectivity index (χ2v) is 5.95. The Kier molecular flexibility index (Phi) is 3.63. The predicted octanol–water partition coefficient (Wildman–Crippen LogP) is 4.91. The molecule has 0 aliphatic rings. The lowest BCUT2D eigenvalue weighted by Crippen LogP contribution is -2.09. The zero-order valence-corrected chi connectivity index (χ0v) is 13.4. The first-order valence-electron chi connectivity index (χ1n) is 7.56. The van der Waals surface area contributed by atoms with E-state index in [9.17, 15) is 4.79 Å². The van der Waals surface area contributed by atoms with E-state index in [0.29, 0.717) is 21.7 Å². The van der Waals surface area contributed by atoms with Crippen LogP contribution in [0.1, 0.15) is 0 Å². The summed E-state index contributed by atoms with van der Waals surface area (Å²) in [6, 6.07) is 22.9. The number of para-hydroxylation sites is 1. The molecule has 0 amide bonds. The number of benzene rings is 3. The van der Waals surface area contributed by atoms with Crippen LogP contribution in [0.4, 0.5) is 0 Å². The van der Waals surface area contributed by atoms with Crippen LogP contribution in [-0.4, -0.2) is 9.97 Å². The van der Waals surface area contributed by atoms with Gasteiger partial charge >= 0.3 is 0 Å². The van der Waals surface area contributed by atoms with Gasteiger partial charge in [0.05, 0.1) is 10.9 Å². The van der Waals surface area contributed by atoms with E-state index >= 15 is 0 Å². The van der Waals surface area contributed by atoms with Gasteiger partial charge in [-0.05, 0) is 35.4 Å². The molecule has 0 bridgehead atoms. The van der Waals surface area contributed by atoms with E-state index < -0.39 is 0 Å². The second kappa shape index (κ2) is 5.95. The van der Waals surface area contributed by atoms with Gasteiger partial charge in [-0.3, -0.25) is 4.79 Å². The molecule has 0 unspecified atom stereocenters. The number of hydrogen-bond acceptors (Lipinski definition) is 2. The van der Waals surface area contributed by atoms with Crippen molar-refractivity contribution in [3.05, 3.63) is 88.2 Å². The highest BCUT2D eigenvalue weighted by Gasteiger charge is 2.06. The average molecular weight is 333 g/mol. The van der Waals surface area contributed by atoms with E-state index in [0.717, 1.165) is 16.7 Å². The summed E-state index contributed by atoms with van der Waals surface area (Å²) in [6.07, 6.45) is 0. The lowest BCUT2D eigenvalue weighted by molar-refractivity contribution is 1.18. The summed E-state index contributed by atoms with van der Waals surface area (Å²) in [5.41, 5.74) is 3.61. The molecule has 0 spiro atoms. The number of aromatic nitrogens is 2. The third kappa shape index (κ3) is 2.70. The van der Waals surface area contributed by atoms with Crippen molar-refractivity contribution in [2.75, 3.05) is 0 Å². The summed E-state index contributed by atoms with van der Waals surface area (Å²) < 4.78 is 0. The molecule has 116 valence electrons. The van der Waals surface area contributed by atoms with E-state index in [1.54, 1.807) is 6.07 Å². The van der Waals surface area contributed by atoms with E-state index in [2.05, 4.69) is 9.97 Å². The van der Waals surface area contributed by atoms with Crippen molar-refractivity contribution in [2.45, 2.75) is 0 Å². The van der Waals surface area contributed by atoms with Crippen LogP contribution < -0.4 is 5.56 Å². The normalized spacial score (nSPS) is 10.9. The highest BCUT2D eigenvalue weighted by atomic mass is 35.5. The van der Waals surface area contributed by atoms with Gasteiger partial charge < -0.3 is 4.98 Å². The number of H-pyrrole nitrogens is 1. The van der Waals surface area contributed by atoms with Crippen molar-refractivity contribution in [2.24, 2.45) is 0 Å². The van der Waals surface area contributed by atoms with E-state index in [4.69, 9.17) is 11.6 Å². The van der Waals surface area contributed by atoms with Crippen LogP contribution in [0.3, 0.4) is 0 Å². The highest BCUT2D eigenvalue weighted by Crippen LogP contribution is 2.24. The topological polar surface area (TPSA) is 45.8 Å². The zero-order valence-electron chi connectivity index (χ0n) is 12.7. The third-order valence-electron chi connectivity index (χ3n) is 3.95. The molecule has 4 rings (SSSR count). The monoisotopic (exact) mass is 332 g/mol. The minimum absolute atomic E-state index is 0.127. The fourth-order valence-corrected chi connectivity index (χ4v) is 2.81. The Hall–Kier alpha value is -2.91. The molecule has 3 aromatic carbocycles. The van der Waals surface area contributed by atoms with Gasteiger partial charge in [-0.25, -0.2) is 4.98 Å². The lowest BCUT2D eigenvalue weighted by atomic mass is 10.0. The Morgan fingerprint density at radius 3 is 2.04 bits per heavy atom. The van der Waals surface area contributed by atoms with Crippen LogP contribution in [0, 0.1) is 0 Å². The van der Waals surface area contributed by atoms with Crippen molar-refractivity contribution < 1.29 is 0 Å². The van der Waals surface area contributed by atoms with E-state index in [1.165, 1.54) is 0 Å². The number of nitrogens with one attached hydrogen (secondary N) is 1. The van der Waals surface area contributed by atoms with Crippen LogP contribution >= 0.6 is 11.6 Å². The predicted molar refractivity (Wildman–Crippen MR) is 98.2 cm³/mol. The van der Waals surface area contributed by atoms with Gasteiger partial charge in [0.1, 0.15) is 5.82 Å². The summed E-state index contributed by atoms with van der Waals surface area (Å²) in [5, 5.41) is 1.31. The van der Waals surface area contributed by atoms with Crippen LogP contribution in [0.15, 0.2) is 77.6 Å². The molecule has 3 nitrogen and oxygen atoms in total. The van der Waals surface area contributed by atoms with Gasteiger partial charge in [0.15, 0.2) is 0 Å². The molecule has 4 heteroatoms. The van der Waals surface area contributed by atoms with Crippen molar-refractivity contribution in [3.8, 4) is 22.5 Å². The molecule has 0 radical (unpaired) electrons. The van der Waals surface area contributed by atoms with Crippen LogP contribution in [0.2, 0.25) is 5.02 Å². The fraction of sp³-hybridized carbons (Fsp3) is 0. The number of nitrogens with zero attached hydrogens (tertiary/aromatic N) is 1. The molecule has 0 atom stereocenters. The third-order valence-corrected chi connectivity index (χ3v) is 4.20. The molecule has 0 aliphatic heterocycles. The summed E-state index contributed by atoms with van der Waals surface area (Å²) >= 11 is 5.92. The smallest absolute Gasteiger partial charge is 0.259 e. The molecule has 0 aliphatic carbocycles. The maximum absolute atomic E-state index is 12.2. The first-order chi connectivity index (χ1) is 11.7. The first kappa shape index (κ1) is 14.7. The van der Waals surface area contributed by atoms with Crippen molar-refractivity contribution in [1.82, 2.24) is 9.97 Å². The second-order valence-electron chi connectivity index (χ2n) is 5.52. The Balaban J connectivity index is 1.75. The molecule has 24 heavy (non-hydrogen) atoms. The molecule has 0 saturated carbocycles. The number of rotatable bonds is 2. The van der Waals surface area contributed by atoms with Crippen molar-refractivity contribution in [1.29, 1.82) is 0 Å². The van der Waals surface area contributed by atoms with Gasteiger partial charge in [-0.1, -0.05) is 60.1 Å². The number of aromatic amines is 1. The zero-order chi connectivity index (χ0) is 16.5. The molecular weight excluding hydrogens is 320 g/mol. The maximum atomic E-state index is 12.2. The summed E-state index contributed by atoms with van der Waals surface area (Å²) in [5.74, 6) is 0.571. The Labute approximate surface area is 143 Å².